The number of nitrogens with zero attached hydrogens (tertiary/aromatic N) is 1. The summed E-state index contributed by atoms with van der Waals surface area (Å²) in [5, 5.41) is 5.12. The van der Waals surface area contributed by atoms with E-state index in [-0.39, 0.29) is 6.10 Å². The van der Waals surface area contributed by atoms with Gasteiger partial charge in [-0.3, -0.25) is 4.98 Å². The van der Waals surface area contributed by atoms with Crippen LogP contribution in [0, 0.1) is 0 Å². The molecule has 0 fully saturated rings. The lowest BCUT2D eigenvalue weighted by atomic mass is 10.1. The minimum atomic E-state index is 0.180. The van der Waals surface area contributed by atoms with Crippen molar-refractivity contribution in [2.24, 2.45) is 0 Å². The van der Waals surface area contributed by atoms with Gasteiger partial charge in [0.05, 0.1) is 23.9 Å². The maximum Gasteiger partial charge on any atom is 0.161 e. The number of rotatable bonds is 0. The van der Waals surface area contributed by atoms with Crippen LogP contribution < -0.4 is 10.1 Å². The summed E-state index contributed by atoms with van der Waals surface area (Å²) in [7, 11) is 0. The Morgan fingerprint density at radius 3 is 3.25 bits per heavy atom. The van der Waals surface area contributed by atoms with Crippen molar-refractivity contribution in [1.29, 1.82) is 0 Å². The summed E-state index contributed by atoms with van der Waals surface area (Å²) in [5.41, 5.74) is 1.90. The highest BCUT2D eigenvalue weighted by atomic mass is 35.5. The number of ether oxygens (including phenoxy) is 1. The first kappa shape index (κ1) is 9.73. The second-order valence-electron chi connectivity index (χ2n) is 3.97. The van der Waals surface area contributed by atoms with E-state index in [0.29, 0.717) is 5.02 Å². The van der Waals surface area contributed by atoms with Crippen molar-refractivity contribution in [3.05, 3.63) is 29.4 Å². The van der Waals surface area contributed by atoms with Crippen molar-refractivity contribution in [3.63, 3.8) is 0 Å². The second-order valence-corrected chi connectivity index (χ2v) is 4.40. The monoisotopic (exact) mass is 234 g/mol. The molecule has 0 bridgehead atoms. The van der Waals surface area contributed by atoms with Crippen molar-refractivity contribution in [3.8, 4) is 5.75 Å². The van der Waals surface area contributed by atoms with E-state index >= 15 is 0 Å². The van der Waals surface area contributed by atoms with Crippen molar-refractivity contribution in [2.45, 2.75) is 13.0 Å². The summed E-state index contributed by atoms with van der Waals surface area (Å²) >= 11 is 5.93. The summed E-state index contributed by atoms with van der Waals surface area (Å²) in [5.74, 6) is 0.813. The molecule has 0 aliphatic carbocycles. The fourth-order valence-corrected chi connectivity index (χ4v) is 2.09. The van der Waals surface area contributed by atoms with Crippen molar-refractivity contribution >= 4 is 28.2 Å². The molecule has 1 N–H and O–H groups in total. The Labute approximate surface area is 98.4 Å². The van der Waals surface area contributed by atoms with Crippen LogP contribution in [0.1, 0.15) is 6.92 Å². The predicted octanol–water partition coefficient (Wildman–Crippen LogP) is 3.08. The summed E-state index contributed by atoms with van der Waals surface area (Å²) < 4.78 is 5.71. The third-order valence-corrected chi connectivity index (χ3v) is 2.93. The van der Waals surface area contributed by atoms with Gasteiger partial charge >= 0.3 is 0 Å². The average Bonchev–Trinajstić information content (AvgIpc) is 2.28. The van der Waals surface area contributed by atoms with Crippen LogP contribution in [0.4, 0.5) is 5.69 Å². The summed E-state index contributed by atoms with van der Waals surface area (Å²) in [6.45, 7) is 2.84. The van der Waals surface area contributed by atoms with E-state index < -0.39 is 0 Å². The van der Waals surface area contributed by atoms with Gasteiger partial charge in [-0.05, 0) is 25.1 Å². The Balaban J connectivity index is 2.24. The van der Waals surface area contributed by atoms with Crippen LogP contribution in [0.3, 0.4) is 0 Å². The number of hydrogen-bond donors (Lipinski definition) is 1. The van der Waals surface area contributed by atoms with Gasteiger partial charge in [0, 0.05) is 10.4 Å². The first-order valence-corrected chi connectivity index (χ1v) is 5.60. The zero-order valence-corrected chi connectivity index (χ0v) is 9.58. The largest absolute Gasteiger partial charge is 0.485 e. The molecule has 0 saturated heterocycles. The normalized spacial score (nSPS) is 18.8. The first-order valence-electron chi connectivity index (χ1n) is 5.23. The second kappa shape index (κ2) is 3.52. The molecule has 0 radical (unpaired) electrons. The Bertz CT molecular complexity index is 556. The van der Waals surface area contributed by atoms with Gasteiger partial charge in [-0.25, -0.2) is 0 Å². The molecule has 2 aromatic rings. The smallest absolute Gasteiger partial charge is 0.161 e. The lowest BCUT2D eigenvalue weighted by Crippen LogP contribution is -2.27. The molecule has 0 spiro atoms. The molecule has 2 heterocycles. The molecule has 1 aromatic carbocycles. The van der Waals surface area contributed by atoms with Crippen molar-refractivity contribution in [1.82, 2.24) is 4.98 Å². The SMILES string of the molecule is CC1CNc2c(cnc3cc(Cl)ccc23)O1. The van der Waals surface area contributed by atoms with Gasteiger partial charge in [0.25, 0.3) is 0 Å². The van der Waals surface area contributed by atoms with Gasteiger partial charge < -0.3 is 10.1 Å². The minimum absolute atomic E-state index is 0.180. The lowest BCUT2D eigenvalue weighted by Gasteiger charge is -2.25. The molecule has 0 saturated carbocycles. The molecule has 82 valence electrons. The fraction of sp³-hybridized carbons (Fsp3) is 0.250. The highest BCUT2D eigenvalue weighted by Gasteiger charge is 2.18. The third kappa shape index (κ3) is 1.48. The highest BCUT2D eigenvalue weighted by Crippen LogP contribution is 2.35. The van der Waals surface area contributed by atoms with E-state index in [1.54, 1.807) is 6.20 Å². The van der Waals surface area contributed by atoms with Crippen LogP contribution in [0.25, 0.3) is 10.9 Å². The Morgan fingerprint density at radius 2 is 2.38 bits per heavy atom. The van der Waals surface area contributed by atoms with E-state index in [2.05, 4.69) is 10.3 Å². The standard InChI is InChI=1S/C12H11ClN2O/c1-7-5-15-12-9-3-2-8(13)4-10(9)14-6-11(12)16-7/h2-4,6-7,15H,5H2,1H3. The molecule has 1 unspecified atom stereocenters. The molecule has 1 aromatic heterocycles. The minimum Gasteiger partial charge on any atom is -0.485 e. The van der Waals surface area contributed by atoms with E-state index in [4.69, 9.17) is 16.3 Å². The van der Waals surface area contributed by atoms with Gasteiger partial charge in [0.15, 0.2) is 5.75 Å². The number of aromatic nitrogens is 1. The molecule has 0 amide bonds. The van der Waals surface area contributed by atoms with Crippen LogP contribution in [0.2, 0.25) is 5.02 Å². The molecule has 3 rings (SSSR count). The van der Waals surface area contributed by atoms with Crippen molar-refractivity contribution in [2.75, 3.05) is 11.9 Å². The lowest BCUT2D eigenvalue weighted by molar-refractivity contribution is 0.226. The maximum atomic E-state index is 5.93. The number of halogens is 1. The summed E-state index contributed by atoms with van der Waals surface area (Å²) in [6, 6.07) is 5.69. The number of nitrogens with one attached hydrogen (secondary N) is 1. The van der Waals surface area contributed by atoms with Crippen molar-refractivity contribution < 1.29 is 4.74 Å². The van der Waals surface area contributed by atoms with Gasteiger partial charge in [0.1, 0.15) is 6.10 Å². The third-order valence-electron chi connectivity index (χ3n) is 2.69. The van der Waals surface area contributed by atoms with Crippen LogP contribution in [0.5, 0.6) is 5.75 Å². The number of fused-ring (bicyclic) bond motifs is 3. The Kier molecular flexibility index (Phi) is 2.14. The Morgan fingerprint density at radius 1 is 1.50 bits per heavy atom. The fourth-order valence-electron chi connectivity index (χ4n) is 1.92. The predicted molar refractivity (Wildman–Crippen MR) is 65.3 cm³/mol. The molecular formula is C12H11ClN2O. The van der Waals surface area contributed by atoms with E-state index in [1.807, 2.05) is 25.1 Å². The zero-order valence-electron chi connectivity index (χ0n) is 8.83. The molecule has 4 heteroatoms. The maximum absolute atomic E-state index is 5.93. The molecule has 3 nitrogen and oxygen atoms in total. The topological polar surface area (TPSA) is 34.2 Å². The number of benzene rings is 1. The molecule has 16 heavy (non-hydrogen) atoms. The van der Waals surface area contributed by atoms with Gasteiger partial charge in [0.2, 0.25) is 0 Å². The zero-order chi connectivity index (χ0) is 11.1. The Hall–Kier alpha value is -1.48. The number of pyridine rings is 1. The van der Waals surface area contributed by atoms with E-state index in [1.165, 1.54) is 0 Å². The molecule has 1 aliphatic rings. The molecule has 1 atom stereocenters. The summed E-state index contributed by atoms with van der Waals surface area (Å²) in [6.07, 6.45) is 1.93. The quantitative estimate of drug-likeness (QED) is 0.761. The van der Waals surface area contributed by atoms with E-state index in [9.17, 15) is 0 Å². The van der Waals surface area contributed by atoms with Crippen LogP contribution in [-0.4, -0.2) is 17.6 Å². The molecular weight excluding hydrogens is 224 g/mol. The van der Waals surface area contributed by atoms with Gasteiger partial charge in [-0.2, -0.15) is 0 Å². The van der Waals surface area contributed by atoms with Gasteiger partial charge in [-0.1, -0.05) is 11.6 Å². The number of anilines is 1. The summed E-state index contributed by atoms with van der Waals surface area (Å²) in [4.78, 5) is 4.34. The molecule has 1 aliphatic heterocycles. The van der Waals surface area contributed by atoms with Crippen LogP contribution >= 0.6 is 11.6 Å². The van der Waals surface area contributed by atoms with Crippen LogP contribution in [-0.2, 0) is 0 Å². The number of hydrogen-bond acceptors (Lipinski definition) is 3. The van der Waals surface area contributed by atoms with Gasteiger partial charge in [-0.15, -0.1) is 0 Å². The highest BCUT2D eigenvalue weighted by molar-refractivity contribution is 6.31. The van der Waals surface area contributed by atoms with E-state index in [0.717, 1.165) is 28.9 Å². The first-order chi connectivity index (χ1) is 7.74. The van der Waals surface area contributed by atoms with Crippen LogP contribution in [0.15, 0.2) is 24.4 Å². The average molecular weight is 235 g/mol.